The fourth-order valence-corrected chi connectivity index (χ4v) is 6.61. The van der Waals surface area contributed by atoms with E-state index in [4.69, 9.17) is 9.47 Å². The maximum absolute atomic E-state index is 13.6. The van der Waals surface area contributed by atoms with Gasteiger partial charge in [0.05, 0.1) is 18.2 Å². The lowest BCUT2D eigenvalue weighted by molar-refractivity contribution is -0.144. The van der Waals surface area contributed by atoms with E-state index in [1.165, 1.54) is 12.1 Å². The van der Waals surface area contributed by atoms with Crippen molar-refractivity contribution in [1.29, 1.82) is 0 Å². The number of allylic oxidation sites excluding steroid dienone is 1. The van der Waals surface area contributed by atoms with E-state index < -0.39 is 0 Å². The van der Waals surface area contributed by atoms with Crippen LogP contribution in [-0.4, -0.2) is 35.8 Å². The van der Waals surface area contributed by atoms with Crippen molar-refractivity contribution in [3.63, 3.8) is 0 Å². The van der Waals surface area contributed by atoms with Crippen molar-refractivity contribution in [2.75, 3.05) is 6.61 Å². The summed E-state index contributed by atoms with van der Waals surface area (Å²) in [6, 6.07) is 10.4. The van der Waals surface area contributed by atoms with Crippen molar-refractivity contribution in [1.82, 2.24) is 10.3 Å². The fraction of sp³-hybridized carbons (Fsp3) is 0.483. The van der Waals surface area contributed by atoms with Gasteiger partial charge in [0.2, 0.25) is 0 Å². The lowest BCUT2D eigenvalue weighted by atomic mass is 9.57. The number of esters is 1. The minimum Gasteiger partial charge on any atom is -0.462 e. The van der Waals surface area contributed by atoms with Gasteiger partial charge in [-0.2, -0.15) is 0 Å². The molecule has 7 atom stereocenters. The van der Waals surface area contributed by atoms with E-state index in [1.54, 1.807) is 19.2 Å². The molecule has 36 heavy (non-hydrogen) atoms. The van der Waals surface area contributed by atoms with Crippen molar-refractivity contribution >= 4 is 18.1 Å². The number of aromatic nitrogens is 1. The van der Waals surface area contributed by atoms with Gasteiger partial charge in [-0.05, 0) is 87.1 Å². The van der Waals surface area contributed by atoms with Crippen LogP contribution in [0.15, 0.2) is 48.7 Å². The molecule has 190 valence electrons. The standard InChI is InChI=1S/C29H33FN2O4/c1-3-35-29(34)32-23-10-7-19-14-26-27(17(2)36-28(26)33)24(25(19)15-23)12-11-22-9-8-20(16-31-22)18-5-4-6-21(30)13-18/h4-6,8-9,11-13,16-17,19,23-27H,3,7,10,14-15H2,1-2H3,(H,32,34)/b12-11+/t17-,19+,23-,24+,25-,26-,27+/m1/s1. The number of fused-ring (bicyclic) bond motifs is 2. The minimum atomic E-state index is -0.364. The van der Waals surface area contributed by atoms with E-state index >= 15 is 0 Å². The van der Waals surface area contributed by atoms with Gasteiger partial charge in [0, 0.05) is 23.7 Å². The van der Waals surface area contributed by atoms with Crippen molar-refractivity contribution in [3.05, 3.63) is 60.2 Å². The zero-order valence-corrected chi connectivity index (χ0v) is 20.7. The summed E-state index contributed by atoms with van der Waals surface area (Å²) in [6.45, 7) is 4.14. The summed E-state index contributed by atoms with van der Waals surface area (Å²) in [5.41, 5.74) is 2.45. The van der Waals surface area contributed by atoms with Gasteiger partial charge < -0.3 is 14.8 Å². The number of carbonyl (C=O) groups excluding carboxylic acids is 2. The first-order chi connectivity index (χ1) is 17.4. The molecule has 1 aliphatic heterocycles. The second kappa shape index (κ2) is 10.4. The van der Waals surface area contributed by atoms with E-state index in [9.17, 15) is 14.0 Å². The van der Waals surface area contributed by atoms with Crippen LogP contribution in [0.1, 0.15) is 45.2 Å². The van der Waals surface area contributed by atoms with Gasteiger partial charge in [0.25, 0.3) is 0 Å². The molecule has 2 aliphatic carbocycles. The Kier molecular flexibility index (Phi) is 7.08. The lowest BCUT2D eigenvalue weighted by Crippen LogP contribution is -2.48. The molecule has 0 spiro atoms. The Morgan fingerprint density at radius 2 is 2.08 bits per heavy atom. The highest BCUT2D eigenvalue weighted by atomic mass is 19.1. The SMILES string of the molecule is CCOC(=O)N[C@@H]1CC[C@H]2C[C@H]3C(=O)O[C@H](C)[C@H]3[C@@H](/C=C/c3ccc(-c4cccc(F)c4)cn3)[C@@H]2C1. The van der Waals surface area contributed by atoms with Gasteiger partial charge in [0.15, 0.2) is 0 Å². The van der Waals surface area contributed by atoms with Crippen molar-refractivity contribution in [2.24, 2.45) is 29.6 Å². The van der Waals surface area contributed by atoms with Crippen LogP contribution in [-0.2, 0) is 14.3 Å². The monoisotopic (exact) mass is 492 g/mol. The smallest absolute Gasteiger partial charge is 0.407 e. The Morgan fingerprint density at radius 3 is 2.83 bits per heavy atom. The van der Waals surface area contributed by atoms with Gasteiger partial charge in [-0.15, -0.1) is 0 Å². The van der Waals surface area contributed by atoms with Crippen LogP contribution in [0.5, 0.6) is 0 Å². The first-order valence-corrected chi connectivity index (χ1v) is 13.0. The van der Waals surface area contributed by atoms with Gasteiger partial charge in [-0.1, -0.05) is 24.3 Å². The average Bonchev–Trinajstić information content (AvgIpc) is 3.15. The molecule has 0 unspecified atom stereocenters. The Labute approximate surface area is 211 Å². The Balaban J connectivity index is 1.37. The fourth-order valence-electron chi connectivity index (χ4n) is 6.61. The van der Waals surface area contributed by atoms with Crippen LogP contribution in [0.4, 0.5) is 9.18 Å². The molecular formula is C29H33FN2O4. The molecule has 6 nitrogen and oxygen atoms in total. The first kappa shape index (κ1) is 24.5. The highest BCUT2D eigenvalue weighted by Crippen LogP contribution is 2.53. The Bertz CT molecular complexity index is 1130. The number of cyclic esters (lactones) is 1. The summed E-state index contributed by atoms with van der Waals surface area (Å²) >= 11 is 0. The van der Waals surface area contributed by atoms with E-state index in [2.05, 4.69) is 16.4 Å². The highest BCUT2D eigenvalue weighted by molar-refractivity contribution is 5.75. The second-order valence-corrected chi connectivity index (χ2v) is 10.3. The van der Waals surface area contributed by atoms with Gasteiger partial charge in [-0.3, -0.25) is 9.78 Å². The van der Waals surface area contributed by atoms with Crippen molar-refractivity contribution < 1.29 is 23.5 Å². The number of rotatable bonds is 5. The number of halogens is 1. The summed E-state index contributed by atoms with van der Waals surface area (Å²) in [4.78, 5) is 29.3. The van der Waals surface area contributed by atoms with E-state index in [0.29, 0.717) is 18.4 Å². The predicted molar refractivity (Wildman–Crippen MR) is 134 cm³/mol. The number of nitrogens with zero attached hydrogens (tertiary/aromatic N) is 1. The summed E-state index contributed by atoms with van der Waals surface area (Å²) in [6.07, 6.45) is 9.05. The molecule has 5 rings (SSSR count). The third-order valence-corrected chi connectivity index (χ3v) is 8.19. The van der Waals surface area contributed by atoms with Crippen LogP contribution < -0.4 is 5.32 Å². The molecule has 1 saturated heterocycles. The molecule has 3 aliphatic rings. The van der Waals surface area contributed by atoms with Crippen LogP contribution in [0.3, 0.4) is 0 Å². The largest absolute Gasteiger partial charge is 0.462 e. The summed E-state index contributed by atoms with van der Waals surface area (Å²) in [7, 11) is 0. The van der Waals surface area contributed by atoms with Gasteiger partial charge in [0.1, 0.15) is 11.9 Å². The number of hydrogen-bond acceptors (Lipinski definition) is 5. The number of ether oxygens (including phenoxy) is 2. The molecule has 1 aromatic heterocycles. The number of alkyl carbamates (subject to hydrolysis) is 1. The van der Waals surface area contributed by atoms with Gasteiger partial charge >= 0.3 is 12.1 Å². The number of nitrogens with one attached hydrogen (secondary N) is 1. The lowest BCUT2D eigenvalue weighted by Gasteiger charge is -2.47. The minimum absolute atomic E-state index is 0.0646. The third kappa shape index (κ3) is 5.01. The maximum Gasteiger partial charge on any atom is 0.407 e. The Hall–Kier alpha value is -3.22. The third-order valence-electron chi connectivity index (χ3n) is 8.19. The van der Waals surface area contributed by atoms with Crippen LogP contribution >= 0.6 is 0 Å². The second-order valence-electron chi connectivity index (χ2n) is 10.3. The summed E-state index contributed by atoms with van der Waals surface area (Å²) in [5, 5.41) is 3.03. The quantitative estimate of drug-likeness (QED) is 0.548. The number of pyridine rings is 1. The predicted octanol–water partition coefficient (Wildman–Crippen LogP) is 5.63. The van der Waals surface area contributed by atoms with Crippen molar-refractivity contribution in [2.45, 2.75) is 51.7 Å². The summed E-state index contributed by atoms with van der Waals surface area (Å²) < 4.78 is 24.4. The molecular weight excluding hydrogens is 459 g/mol. The molecule has 1 amide bonds. The molecule has 1 aromatic carbocycles. The Morgan fingerprint density at radius 1 is 1.22 bits per heavy atom. The number of hydrogen-bond donors (Lipinski definition) is 1. The molecule has 3 fully saturated rings. The molecule has 2 heterocycles. The molecule has 0 radical (unpaired) electrons. The number of benzene rings is 1. The van der Waals surface area contributed by atoms with Crippen LogP contribution in [0.2, 0.25) is 0 Å². The number of amides is 1. The average molecular weight is 493 g/mol. The topological polar surface area (TPSA) is 77.5 Å². The van der Waals surface area contributed by atoms with E-state index in [1.807, 2.05) is 31.2 Å². The normalized spacial score (nSPS) is 31.4. The summed E-state index contributed by atoms with van der Waals surface area (Å²) in [5.74, 6) is 0.592. The first-order valence-electron chi connectivity index (χ1n) is 13.0. The zero-order chi connectivity index (χ0) is 25.2. The maximum atomic E-state index is 13.6. The van der Waals surface area contributed by atoms with Gasteiger partial charge in [-0.25, -0.2) is 9.18 Å². The molecule has 0 bridgehead atoms. The molecule has 2 aromatic rings. The zero-order valence-electron chi connectivity index (χ0n) is 20.7. The van der Waals surface area contributed by atoms with Crippen LogP contribution in [0, 0.1) is 35.4 Å². The van der Waals surface area contributed by atoms with Crippen molar-refractivity contribution in [3.8, 4) is 11.1 Å². The van der Waals surface area contributed by atoms with E-state index in [0.717, 1.165) is 42.5 Å². The molecule has 2 saturated carbocycles. The molecule has 7 heteroatoms. The van der Waals surface area contributed by atoms with E-state index in [-0.39, 0.29) is 47.8 Å². The molecule has 1 N–H and O–H groups in total. The highest BCUT2D eigenvalue weighted by Gasteiger charge is 2.54. The number of carbonyl (C=O) groups is 2. The van der Waals surface area contributed by atoms with Crippen LogP contribution in [0.25, 0.3) is 17.2 Å².